The molecule has 1 amide bonds. The maximum Gasteiger partial charge on any atom is 0.319 e. The van der Waals surface area contributed by atoms with Crippen molar-refractivity contribution in [2.24, 2.45) is 5.92 Å². The summed E-state index contributed by atoms with van der Waals surface area (Å²) in [6.45, 7) is 11.5. The molecule has 0 N–H and O–H groups in total. The number of halogens is 3. The number of amides is 1. The molecule has 7 rings (SSSR count). The van der Waals surface area contributed by atoms with Crippen LogP contribution in [0.2, 0.25) is 0 Å². The van der Waals surface area contributed by atoms with Gasteiger partial charge in [-0.1, -0.05) is 30.8 Å². The minimum absolute atomic E-state index is 0.0304. The lowest BCUT2D eigenvalue weighted by Gasteiger charge is -2.39. The summed E-state index contributed by atoms with van der Waals surface area (Å²) in [4.78, 5) is 30.3. The molecule has 2 unspecified atom stereocenters. The van der Waals surface area contributed by atoms with Crippen molar-refractivity contribution in [2.45, 2.75) is 43.4 Å². The number of anilines is 1. The van der Waals surface area contributed by atoms with Crippen LogP contribution in [0.4, 0.5) is 19.0 Å². The molecular weight excluding hydrogens is 569 g/mol. The van der Waals surface area contributed by atoms with Gasteiger partial charge in [-0.2, -0.15) is 9.97 Å². The van der Waals surface area contributed by atoms with Gasteiger partial charge in [-0.25, -0.2) is 19.7 Å². The Balaban J connectivity index is 1.29. The molecule has 0 spiro atoms. The van der Waals surface area contributed by atoms with Gasteiger partial charge in [0.15, 0.2) is 11.6 Å². The van der Waals surface area contributed by atoms with Crippen molar-refractivity contribution in [3.8, 4) is 17.1 Å². The zero-order chi connectivity index (χ0) is 30.7. The van der Waals surface area contributed by atoms with Crippen molar-refractivity contribution >= 4 is 22.6 Å². The molecule has 2 aliphatic carbocycles. The fourth-order valence-corrected chi connectivity index (χ4v) is 7.32. The van der Waals surface area contributed by atoms with Gasteiger partial charge in [-0.15, -0.1) is 0 Å². The quantitative estimate of drug-likeness (QED) is 0.282. The third-order valence-corrected chi connectivity index (χ3v) is 9.65. The minimum atomic E-state index is -1.08. The Bertz CT molecular complexity index is 1710. The second kappa shape index (κ2) is 11.1. The summed E-state index contributed by atoms with van der Waals surface area (Å²) in [5.41, 5.74) is 3.95. The van der Waals surface area contributed by atoms with Gasteiger partial charge in [0, 0.05) is 43.2 Å². The molecule has 3 fully saturated rings. The van der Waals surface area contributed by atoms with E-state index in [0.29, 0.717) is 41.6 Å². The predicted molar refractivity (Wildman–Crippen MR) is 160 cm³/mol. The zero-order valence-electron chi connectivity index (χ0n) is 24.5. The number of ether oxygens (including phenoxy) is 1. The Hall–Kier alpha value is -4.17. The highest BCUT2D eigenvalue weighted by Gasteiger charge is 2.46. The Labute approximate surface area is 253 Å². The highest BCUT2D eigenvalue weighted by molar-refractivity contribution is 5.95. The van der Waals surface area contributed by atoms with Crippen LogP contribution in [0.3, 0.4) is 0 Å². The molecule has 4 aliphatic rings. The van der Waals surface area contributed by atoms with Crippen LogP contribution in [-0.2, 0) is 11.2 Å². The summed E-state index contributed by atoms with van der Waals surface area (Å²) in [6, 6.07) is 8.83. The van der Waals surface area contributed by atoms with E-state index in [4.69, 9.17) is 16.3 Å². The standard InChI is InChI=1S/C33H33F3N6O2/c1-18(34)32(43)42-10-9-41(16-23(42)14-37-2)31-26-8-7-25(24-6-4-5-19-11-20-12-27(20)28(19)24)29(36)30(26)38-33(39-31)44-17-22-13-21(35)15-40(22)3/h4-8,20-23,27H,1,9-17H2,3H3/t20?,21-,22+,23+,27?/m1/s1. The van der Waals surface area contributed by atoms with Crippen molar-refractivity contribution < 1.29 is 22.7 Å². The summed E-state index contributed by atoms with van der Waals surface area (Å²) in [5.74, 6) is -0.882. The molecular formula is C33H33F3N6O2. The number of likely N-dealkylation sites (N-methyl/N-ethyl adjacent to an activating group) is 1. The average Bonchev–Trinajstić information content (AvgIpc) is 3.55. The van der Waals surface area contributed by atoms with Crippen molar-refractivity contribution in [1.29, 1.82) is 0 Å². The second-order valence-corrected chi connectivity index (χ2v) is 12.4. The number of rotatable bonds is 7. The number of piperazine rings is 1. The molecule has 5 atom stereocenters. The monoisotopic (exact) mass is 602 g/mol. The summed E-state index contributed by atoms with van der Waals surface area (Å²) in [5, 5.41) is 0.466. The molecule has 0 radical (unpaired) electrons. The van der Waals surface area contributed by atoms with Gasteiger partial charge < -0.3 is 19.4 Å². The lowest BCUT2D eigenvalue weighted by Crippen LogP contribution is -2.56. The van der Waals surface area contributed by atoms with E-state index < -0.39 is 29.8 Å². The van der Waals surface area contributed by atoms with Crippen LogP contribution in [0.5, 0.6) is 6.01 Å². The molecule has 1 aromatic heterocycles. The van der Waals surface area contributed by atoms with E-state index in [9.17, 15) is 13.6 Å². The lowest BCUT2D eigenvalue weighted by molar-refractivity contribution is -0.131. The number of carbonyl (C=O) groups is 1. The van der Waals surface area contributed by atoms with Crippen molar-refractivity contribution in [2.75, 3.05) is 51.3 Å². The van der Waals surface area contributed by atoms with Gasteiger partial charge in [0.25, 0.3) is 5.91 Å². The van der Waals surface area contributed by atoms with Crippen LogP contribution in [0, 0.1) is 18.3 Å². The van der Waals surface area contributed by atoms with Crippen molar-refractivity contribution in [3.63, 3.8) is 0 Å². The highest BCUT2D eigenvalue weighted by Crippen LogP contribution is 2.58. The molecule has 228 valence electrons. The number of nitrogens with zero attached hydrogens (tertiary/aromatic N) is 6. The lowest BCUT2D eigenvalue weighted by atomic mass is 9.93. The summed E-state index contributed by atoms with van der Waals surface area (Å²) >= 11 is 0. The Kier molecular flexibility index (Phi) is 7.20. The van der Waals surface area contributed by atoms with Crippen LogP contribution in [0.15, 0.2) is 42.7 Å². The van der Waals surface area contributed by atoms with Crippen LogP contribution in [-0.4, -0.2) is 90.3 Å². The van der Waals surface area contributed by atoms with Gasteiger partial charge in [0.1, 0.15) is 30.2 Å². The molecule has 11 heteroatoms. The summed E-state index contributed by atoms with van der Waals surface area (Å²) in [6.07, 6.45) is 1.54. The first-order chi connectivity index (χ1) is 21.2. The van der Waals surface area contributed by atoms with Gasteiger partial charge in [0.05, 0.1) is 0 Å². The molecule has 2 aromatic carbocycles. The third kappa shape index (κ3) is 4.95. The molecule has 3 aromatic rings. The Morgan fingerprint density at radius 1 is 1.14 bits per heavy atom. The number of hydrogen-bond acceptors (Lipinski definition) is 6. The number of fused-ring (bicyclic) bond motifs is 4. The zero-order valence-corrected chi connectivity index (χ0v) is 24.5. The van der Waals surface area contributed by atoms with E-state index in [1.165, 1.54) is 16.0 Å². The number of likely N-dealkylation sites (tertiary alicyclic amines) is 1. The number of carbonyl (C=O) groups excluding carboxylic acids is 1. The first-order valence-electron chi connectivity index (χ1n) is 15.1. The average molecular weight is 603 g/mol. The number of alkyl halides is 1. The van der Waals surface area contributed by atoms with E-state index in [1.807, 2.05) is 35.0 Å². The minimum Gasteiger partial charge on any atom is -0.462 e. The smallest absolute Gasteiger partial charge is 0.319 e. The molecule has 1 saturated carbocycles. The largest absolute Gasteiger partial charge is 0.462 e. The number of aromatic nitrogens is 2. The number of benzene rings is 2. The van der Waals surface area contributed by atoms with Gasteiger partial charge in [-0.3, -0.25) is 9.69 Å². The predicted octanol–water partition coefficient (Wildman–Crippen LogP) is 4.94. The third-order valence-electron chi connectivity index (χ3n) is 9.65. The number of hydrogen-bond donors (Lipinski definition) is 0. The van der Waals surface area contributed by atoms with Gasteiger partial charge in [0.2, 0.25) is 6.54 Å². The van der Waals surface area contributed by atoms with E-state index in [1.54, 1.807) is 6.07 Å². The van der Waals surface area contributed by atoms with Crippen molar-refractivity contribution in [1.82, 2.24) is 19.8 Å². The normalized spacial score (nSPS) is 25.9. The Morgan fingerprint density at radius 3 is 2.73 bits per heavy atom. The maximum atomic E-state index is 16.6. The van der Waals surface area contributed by atoms with Crippen LogP contribution >= 0.6 is 0 Å². The maximum absolute atomic E-state index is 16.6. The molecule has 0 bridgehead atoms. The fourth-order valence-electron chi connectivity index (χ4n) is 7.32. The fraction of sp³-hybridized carbons (Fsp3) is 0.455. The van der Waals surface area contributed by atoms with E-state index >= 15 is 4.39 Å². The summed E-state index contributed by atoms with van der Waals surface area (Å²) < 4.78 is 50.5. The van der Waals surface area contributed by atoms with Crippen LogP contribution in [0.1, 0.15) is 29.9 Å². The van der Waals surface area contributed by atoms with E-state index in [2.05, 4.69) is 22.5 Å². The van der Waals surface area contributed by atoms with Gasteiger partial charge in [-0.05, 0) is 60.9 Å². The second-order valence-electron chi connectivity index (χ2n) is 12.4. The SMILES string of the molecule is [C-]#[N+]C[C@H]1CN(c2nc(OC[C@@H]3C[C@@H](F)CN3C)nc3c(F)c(-c4cccc5c4C4CC4C5)ccc23)CCN1C(=O)C(=C)F. The Morgan fingerprint density at radius 2 is 1.98 bits per heavy atom. The first-order valence-corrected chi connectivity index (χ1v) is 15.1. The summed E-state index contributed by atoms with van der Waals surface area (Å²) in [7, 11) is 1.83. The topological polar surface area (TPSA) is 66.2 Å². The van der Waals surface area contributed by atoms with Crippen LogP contribution in [0.25, 0.3) is 26.9 Å². The molecule has 44 heavy (non-hydrogen) atoms. The molecule has 2 aliphatic heterocycles. The van der Waals surface area contributed by atoms with Crippen molar-refractivity contribution in [3.05, 3.63) is 71.1 Å². The first kappa shape index (κ1) is 28.6. The van der Waals surface area contributed by atoms with Crippen LogP contribution < -0.4 is 9.64 Å². The van der Waals surface area contributed by atoms with E-state index in [-0.39, 0.29) is 50.4 Å². The molecule has 2 saturated heterocycles. The highest BCUT2D eigenvalue weighted by atomic mass is 19.1. The molecule has 3 heterocycles. The van der Waals surface area contributed by atoms with E-state index in [0.717, 1.165) is 18.4 Å². The van der Waals surface area contributed by atoms with Gasteiger partial charge >= 0.3 is 6.01 Å². The molecule has 8 nitrogen and oxygen atoms in total.